The van der Waals surface area contributed by atoms with Gasteiger partial charge < -0.3 is 0 Å². The van der Waals surface area contributed by atoms with Gasteiger partial charge in [-0.25, -0.2) is 4.98 Å². The Kier molecular flexibility index (Phi) is 4.59. The minimum absolute atomic E-state index is 0.351. The molecule has 0 aliphatic heterocycles. The van der Waals surface area contributed by atoms with E-state index in [2.05, 4.69) is 54.9 Å². The lowest BCUT2D eigenvalue weighted by Crippen LogP contribution is -1.88. The predicted molar refractivity (Wildman–Crippen MR) is 101 cm³/mol. The fourth-order valence-corrected chi connectivity index (χ4v) is 2.63. The summed E-state index contributed by atoms with van der Waals surface area (Å²) in [5, 5.41) is 1.80. The van der Waals surface area contributed by atoms with Gasteiger partial charge in [-0.2, -0.15) is 0 Å². The van der Waals surface area contributed by atoms with Gasteiger partial charge in [0, 0.05) is 10.4 Å². The molecular weight excluding hydrogens is 302 g/mol. The third kappa shape index (κ3) is 3.69. The van der Waals surface area contributed by atoms with E-state index in [1.54, 1.807) is 0 Å². The highest BCUT2D eigenvalue weighted by Crippen LogP contribution is 2.20. The number of nitrogens with zero attached hydrogens (tertiary/aromatic N) is 1. The summed E-state index contributed by atoms with van der Waals surface area (Å²) in [5.41, 5.74) is 4.25. The van der Waals surface area contributed by atoms with E-state index in [1.807, 2.05) is 36.4 Å². The number of aromatic nitrogens is 1. The topological polar surface area (TPSA) is 12.9 Å². The van der Waals surface area contributed by atoms with Crippen LogP contribution in [-0.4, -0.2) is 4.98 Å². The van der Waals surface area contributed by atoms with E-state index in [9.17, 15) is 0 Å². The van der Waals surface area contributed by atoms with Gasteiger partial charge in [-0.3, -0.25) is 0 Å². The normalized spacial score (nSPS) is 12.6. The van der Waals surface area contributed by atoms with Gasteiger partial charge >= 0.3 is 0 Å². The van der Waals surface area contributed by atoms with Crippen LogP contribution in [0.3, 0.4) is 0 Å². The summed E-state index contributed by atoms with van der Waals surface area (Å²) in [6.07, 6.45) is 6.06. The van der Waals surface area contributed by atoms with Gasteiger partial charge in [0.15, 0.2) is 0 Å². The number of hydrogen-bond donors (Lipinski definition) is 0. The molecule has 0 saturated carbocycles. The molecule has 1 nitrogen and oxygen atoms in total. The van der Waals surface area contributed by atoms with Crippen molar-refractivity contribution in [1.29, 1.82) is 0 Å². The molecule has 1 aromatic heterocycles. The maximum absolute atomic E-state index is 6.04. The molecule has 3 rings (SSSR count). The van der Waals surface area contributed by atoms with Crippen molar-refractivity contribution < 1.29 is 0 Å². The molecule has 3 aromatic rings. The van der Waals surface area contributed by atoms with E-state index >= 15 is 0 Å². The maximum Gasteiger partial charge on any atom is 0.0724 e. The Morgan fingerprint density at radius 1 is 1.04 bits per heavy atom. The van der Waals surface area contributed by atoms with Crippen molar-refractivity contribution in [2.24, 2.45) is 0 Å². The summed E-state index contributed by atoms with van der Waals surface area (Å²) in [5.74, 6) is 0.351. The first-order chi connectivity index (χ1) is 11.2. The quantitative estimate of drug-likeness (QED) is 0.511. The third-order valence-electron chi connectivity index (χ3n) is 3.91. The summed E-state index contributed by atoms with van der Waals surface area (Å²) < 4.78 is 0. The first-order valence-corrected chi connectivity index (χ1v) is 8.00. The molecule has 114 valence electrons. The Morgan fingerprint density at radius 3 is 2.70 bits per heavy atom. The zero-order chi connectivity index (χ0) is 16.2. The monoisotopic (exact) mass is 319 g/mol. The average molecular weight is 320 g/mol. The van der Waals surface area contributed by atoms with Crippen molar-refractivity contribution in [2.45, 2.75) is 12.8 Å². The molecule has 0 spiro atoms. The summed E-state index contributed by atoms with van der Waals surface area (Å²) in [6.45, 7) is 6.00. The molecule has 0 radical (unpaired) electrons. The zero-order valence-corrected chi connectivity index (χ0v) is 13.8. The van der Waals surface area contributed by atoms with Gasteiger partial charge in [0.05, 0.1) is 11.2 Å². The predicted octanol–water partition coefficient (Wildman–Crippen LogP) is 6.35. The number of hydrogen-bond acceptors (Lipinski definition) is 1. The second-order valence-corrected chi connectivity index (χ2v) is 6.04. The maximum atomic E-state index is 6.04. The van der Waals surface area contributed by atoms with E-state index in [0.717, 1.165) is 22.2 Å². The van der Waals surface area contributed by atoms with Crippen LogP contribution in [-0.2, 0) is 0 Å². The van der Waals surface area contributed by atoms with Gasteiger partial charge in [-0.05, 0) is 41.3 Å². The number of benzene rings is 2. The van der Waals surface area contributed by atoms with Crippen molar-refractivity contribution >= 4 is 34.7 Å². The Morgan fingerprint density at radius 2 is 1.87 bits per heavy atom. The number of rotatable bonds is 4. The molecule has 2 heteroatoms. The first kappa shape index (κ1) is 15.5. The Bertz CT molecular complexity index is 880. The van der Waals surface area contributed by atoms with E-state index < -0.39 is 0 Å². The molecule has 1 atom stereocenters. The van der Waals surface area contributed by atoms with Crippen LogP contribution in [0.2, 0.25) is 5.02 Å². The fraction of sp³-hybridized carbons (Fsp3) is 0.0952. The second kappa shape index (κ2) is 6.80. The molecule has 0 fully saturated rings. The molecule has 1 unspecified atom stereocenters. The molecule has 0 aliphatic carbocycles. The summed E-state index contributed by atoms with van der Waals surface area (Å²) in [4.78, 5) is 4.64. The van der Waals surface area contributed by atoms with Crippen molar-refractivity contribution in [2.75, 3.05) is 0 Å². The SMILES string of the molecule is C=CC(C)c1cccc(/C=C/c2ccc3ccc(Cl)cc3n2)c1. The van der Waals surface area contributed by atoms with Crippen LogP contribution in [0.1, 0.15) is 29.7 Å². The molecular formula is C21H18ClN. The van der Waals surface area contributed by atoms with Crippen molar-refractivity contribution in [3.63, 3.8) is 0 Å². The average Bonchev–Trinajstić information content (AvgIpc) is 2.59. The van der Waals surface area contributed by atoms with Gasteiger partial charge in [0.2, 0.25) is 0 Å². The second-order valence-electron chi connectivity index (χ2n) is 5.60. The lowest BCUT2D eigenvalue weighted by molar-refractivity contribution is 0.970. The van der Waals surface area contributed by atoms with Crippen molar-refractivity contribution in [3.8, 4) is 0 Å². The minimum Gasteiger partial charge on any atom is -0.248 e. The minimum atomic E-state index is 0.351. The van der Waals surface area contributed by atoms with Crippen molar-refractivity contribution in [1.82, 2.24) is 4.98 Å². The Labute approximate surface area is 142 Å². The number of pyridine rings is 1. The van der Waals surface area contributed by atoms with Crippen LogP contribution >= 0.6 is 11.6 Å². The van der Waals surface area contributed by atoms with E-state index in [-0.39, 0.29) is 0 Å². The van der Waals surface area contributed by atoms with Gasteiger partial charge in [0.25, 0.3) is 0 Å². The van der Waals surface area contributed by atoms with Gasteiger partial charge in [-0.15, -0.1) is 6.58 Å². The molecule has 1 heterocycles. The molecule has 0 amide bonds. The fourth-order valence-electron chi connectivity index (χ4n) is 2.46. The number of allylic oxidation sites excluding steroid dienone is 1. The molecule has 0 N–H and O–H groups in total. The Balaban J connectivity index is 1.89. The summed E-state index contributed by atoms with van der Waals surface area (Å²) in [7, 11) is 0. The lowest BCUT2D eigenvalue weighted by atomic mass is 9.99. The highest BCUT2D eigenvalue weighted by molar-refractivity contribution is 6.31. The van der Waals surface area contributed by atoms with E-state index in [0.29, 0.717) is 10.9 Å². The van der Waals surface area contributed by atoms with Crippen LogP contribution in [0.25, 0.3) is 23.1 Å². The van der Waals surface area contributed by atoms with Crippen LogP contribution in [0.15, 0.2) is 67.3 Å². The van der Waals surface area contributed by atoms with Crippen LogP contribution in [0.5, 0.6) is 0 Å². The molecule has 23 heavy (non-hydrogen) atoms. The number of fused-ring (bicyclic) bond motifs is 1. The first-order valence-electron chi connectivity index (χ1n) is 7.62. The van der Waals surface area contributed by atoms with Crippen LogP contribution in [0.4, 0.5) is 0 Å². The highest BCUT2D eigenvalue weighted by atomic mass is 35.5. The van der Waals surface area contributed by atoms with Crippen LogP contribution in [0, 0.1) is 0 Å². The summed E-state index contributed by atoms with van der Waals surface area (Å²) in [6, 6.07) is 18.3. The summed E-state index contributed by atoms with van der Waals surface area (Å²) >= 11 is 6.04. The van der Waals surface area contributed by atoms with E-state index in [1.165, 1.54) is 5.56 Å². The highest BCUT2D eigenvalue weighted by Gasteiger charge is 2.01. The van der Waals surface area contributed by atoms with Gasteiger partial charge in [-0.1, -0.05) is 67.1 Å². The molecule has 2 aromatic carbocycles. The third-order valence-corrected chi connectivity index (χ3v) is 4.15. The van der Waals surface area contributed by atoms with Crippen LogP contribution < -0.4 is 0 Å². The standard InChI is InChI=1S/C21H18ClN/c1-3-15(2)18-6-4-5-16(13-18)7-11-20-12-9-17-8-10-19(22)14-21(17)23-20/h3-15H,1H2,2H3/b11-7+. The smallest absolute Gasteiger partial charge is 0.0724 e. The molecule has 0 saturated heterocycles. The van der Waals surface area contributed by atoms with E-state index in [4.69, 9.17) is 11.6 Å². The molecule has 0 aliphatic rings. The Hall–Kier alpha value is -2.38. The number of halogens is 1. The van der Waals surface area contributed by atoms with Gasteiger partial charge in [0.1, 0.15) is 0 Å². The largest absolute Gasteiger partial charge is 0.248 e. The zero-order valence-electron chi connectivity index (χ0n) is 13.0. The van der Waals surface area contributed by atoms with Crippen molar-refractivity contribution in [3.05, 3.63) is 89.1 Å². The molecule has 0 bridgehead atoms. The lowest BCUT2D eigenvalue weighted by Gasteiger charge is -2.06.